The maximum atomic E-state index is 12.5. The minimum Gasteiger partial charge on any atom is -0.508 e. The highest BCUT2D eigenvalue weighted by atomic mass is 16.3. The van der Waals surface area contributed by atoms with E-state index in [1.165, 1.54) is 10.6 Å². The van der Waals surface area contributed by atoms with Gasteiger partial charge in [0.15, 0.2) is 0 Å². The van der Waals surface area contributed by atoms with Crippen molar-refractivity contribution in [3.63, 3.8) is 0 Å². The van der Waals surface area contributed by atoms with Crippen molar-refractivity contribution >= 4 is 5.91 Å². The summed E-state index contributed by atoms with van der Waals surface area (Å²) in [5.41, 5.74) is 1.85. The molecule has 0 saturated carbocycles. The molecule has 0 aliphatic carbocycles. The molecule has 140 valence electrons. The van der Waals surface area contributed by atoms with Crippen molar-refractivity contribution in [3.8, 4) is 11.8 Å². The van der Waals surface area contributed by atoms with Crippen LogP contribution in [0, 0.1) is 18.3 Å². The second-order valence-electron chi connectivity index (χ2n) is 6.83. The van der Waals surface area contributed by atoms with Gasteiger partial charge >= 0.3 is 0 Å². The predicted molar refractivity (Wildman–Crippen MR) is 99.2 cm³/mol. The van der Waals surface area contributed by atoms with Crippen LogP contribution in [0.5, 0.6) is 5.75 Å². The number of hydrogen-bond donors (Lipinski definition) is 1. The first-order valence-corrected chi connectivity index (χ1v) is 9.02. The van der Waals surface area contributed by atoms with E-state index in [-0.39, 0.29) is 23.6 Å². The quantitative estimate of drug-likeness (QED) is 0.891. The molecule has 0 unspecified atom stereocenters. The Balaban J connectivity index is 1.54. The summed E-state index contributed by atoms with van der Waals surface area (Å²) >= 11 is 0. The van der Waals surface area contributed by atoms with Crippen molar-refractivity contribution in [1.29, 1.82) is 5.26 Å². The summed E-state index contributed by atoms with van der Waals surface area (Å²) in [5.74, 6) is 0.267. The Hall–Kier alpha value is -3.14. The number of pyridine rings is 2. The molecule has 0 bridgehead atoms. The number of amides is 1. The minimum absolute atomic E-state index is 0.0283. The second kappa shape index (κ2) is 8.04. The van der Waals surface area contributed by atoms with Crippen LogP contribution in [0.2, 0.25) is 0 Å². The fourth-order valence-electron chi connectivity index (χ4n) is 3.50. The van der Waals surface area contributed by atoms with Gasteiger partial charge in [-0.05, 0) is 38.0 Å². The summed E-state index contributed by atoms with van der Waals surface area (Å²) in [5, 5.41) is 18.3. The minimum atomic E-state index is -0.300. The van der Waals surface area contributed by atoms with Gasteiger partial charge < -0.3 is 14.6 Å². The van der Waals surface area contributed by atoms with E-state index in [4.69, 9.17) is 5.26 Å². The highest BCUT2D eigenvalue weighted by Crippen LogP contribution is 2.27. The van der Waals surface area contributed by atoms with Gasteiger partial charge in [0.2, 0.25) is 5.91 Å². The topological polar surface area (TPSA) is 99.2 Å². The Labute approximate surface area is 157 Å². The summed E-state index contributed by atoms with van der Waals surface area (Å²) in [6.45, 7) is 3.37. The van der Waals surface area contributed by atoms with Crippen LogP contribution in [0.15, 0.2) is 35.3 Å². The Kier molecular flexibility index (Phi) is 5.55. The highest BCUT2D eigenvalue weighted by Gasteiger charge is 2.24. The Morgan fingerprint density at radius 3 is 2.67 bits per heavy atom. The number of likely N-dealkylation sites (tertiary alicyclic amines) is 1. The third-order valence-corrected chi connectivity index (χ3v) is 5.05. The molecule has 1 aliphatic heterocycles. The maximum Gasteiger partial charge on any atom is 0.254 e. The average Bonchev–Trinajstić information content (AvgIpc) is 2.67. The standard InChI is InChI=1S/C20H22N4O3/c1-14-10-17(25)11-20(27)24(14)9-6-19(26)23-7-4-16(5-8-23)18-3-2-15(12-21)13-22-18/h2-3,10-11,13,16,25H,4-9H2,1H3. The fraction of sp³-hybridized carbons (Fsp3) is 0.400. The first-order valence-electron chi connectivity index (χ1n) is 9.02. The average molecular weight is 366 g/mol. The zero-order valence-corrected chi connectivity index (χ0v) is 15.3. The van der Waals surface area contributed by atoms with Gasteiger partial charge in [-0.25, -0.2) is 0 Å². The number of aromatic hydroxyl groups is 1. The second-order valence-corrected chi connectivity index (χ2v) is 6.83. The van der Waals surface area contributed by atoms with Crippen LogP contribution in [-0.4, -0.2) is 38.6 Å². The van der Waals surface area contributed by atoms with Crippen LogP contribution < -0.4 is 5.56 Å². The SMILES string of the molecule is Cc1cc(O)cc(=O)n1CCC(=O)N1CCC(c2ccc(C#N)cn2)CC1. The molecular weight excluding hydrogens is 344 g/mol. The van der Waals surface area contributed by atoms with Gasteiger partial charge in [-0.3, -0.25) is 14.6 Å². The monoisotopic (exact) mass is 366 g/mol. The molecule has 0 aromatic carbocycles. The van der Waals surface area contributed by atoms with Gasteiger partial charge in [0.05, 0.1) is 5.56 Å². The lowest BCUT2D eigenvalue weighted by molar-refractivity contribution is -0.132. The molecule has 2 aromatic heterocycles. The molecule has 3 heterocycles. The normalized spacial score (nSPS) is 14.7. The number of aryl methyl sites for hydroxylation is 1. The third-order valence-electron chi connectivity index (χ3n) is 5.05. The van der Waals surface area contributed by atoms with E-state index in [0.29, 0.717) is 36.8 Å². The molecule has 0 spiro atoms. The van der Waals surface area contributed by atoms with Gasteiger partial charge in [-0.1, -0.05) is 0 Å². The molecule has 2 aromatic rings. The largest absolute Gasteiger partial charge is 0.508 e. The van der Waals surface area contributed by atoms with Gasteiger partial charge in [0.1, 0.15) is 11.8 Å². The summed E-state index contributed by atoms with van der Waals surface area (Å²) in [6.07, 6.45) is 3.52. The van der Waals surface area contributed by atoms with Gasteiger partial charge in [-0.15, -0.1) is 0 Å². The predicted octanol–water partition coefficient (Wildman–Crippen LogP) is 1.93. The van der Waals surface area contributed by atoms with E-state index < -0.39 is 0 Å². The molecule has 7 heteroatoms. The summed E-state index contributed by atoms with van der Waals surface area (Å²) in [4.78, 5) is 30.6. The van der Waals surface area contributed by atoms with Crippen molar-refractivity contribution in [3.05, 3.63) is 57.8 Å². The molecule has 3 rings (SSSR count). The first kappa shape index (κ1) is 18.6. The van der Waals surface area contributed by atoms with E-state index in [1.54, 1.807) is 19.2 Å². The van der Waals surface area contributed by atoms with Gasteiger partial charge in [-0.2, -0.15) is 5.26 Å². The van der Waals surface area contributed by atoms with Crippen LogP contribution >= 0.6 is 0 Å². The molecule has 1 N–H and O–H groups in total. The molecule has 1 aliphatic rings. The Morgan fingerprint density at radius 1 is 1.33 bits per heavy atom. The van der Waals surface area contributed by atoms with Crippen molar-refractivity contribution < 1.29 is 9.90 Å². The number of nitrogens with zero attached hydrogens (tertiary/aromatic N) is 4. The molecule has 7 nitrogen and oxygen atoms in total. The number of piperidine rings is 1. The van der Waals surface area contributed by atoms with Crippen molar-refractivity contribution in [2.45, 2.75) is 38.6 Å². The first-order chi connectivity index (χ1) is 13.0. The molecule has 1 amide bonds. The number of nitriles is 1. The number of rotatable bonds is 4. The maximum absolute atomic E-state index is 12.5. The Bertz CT molecular complexity index is 920. The molecule has 1 fully saturated rings. The van der Waals surface area contributed by atoms with E-state index in [9.17, 15) is 14.7 Å². The third kappa shape index (κ3) is 4.34. The summed E-state index contributed by atoms with van der Waals surface area (Å²) in [7, 11) is 0. The molecule has 27 heavy (non-hydrogen) atoms. The number of aromatic nitrogens is 2. The van der Waals surface area contributed by atoms with E-state index in [0.717, 1.165) is 24.6 Å². The molecule has 0 radical (unpaired) electrons. The van der Waals surface area contributed by atoms with E-state index in [1.807, 2.05) is 11.0 Å². The van der Waals surface area contributed by atoms with Crippen LogP contribution in [0.1, 0.15) is 42.1 Å². The van der Waals surface area contributed by atoms with E-state index in [2.05, 4.69) is 11.1 Å². The van der Waals surface area contributed by atoms with Crippen LogP contribution in [0.3, 0.4) is 0 Å². The van der Waals surface area contributed by atoms with Crippen molar-refractivity contribution in [2.24, 2.45) is 0 Å². The van der Waals surface area contributed by atoms with Crippen LogP contribution in [0.25, 0.3) is 0 Å². The van der Waals surface area contributed by atoms with Crippen LogP contribution in [-0.2, 0) is 11.3 Å². The van der Waals surface area contributed by atoms with Crippen molar-refractivity contribution in [2.75, 3.05) is 13.1 Å². The molecule has 1 saturated heterocycles. The highest BCUT2D eigenvalue weighted by molar-refractivity contribution is 5.76. The van der Waals surface area contributed by atoms with Crippen molar-refractivity contribution in [1.82, 2.24) is 14.5 Å². The Morgan fingerprint density at radius 2 is 2.07 bits per heavy atom. The van der Waals surface area contributed by atoms with Gasteiger partial charge in [0.25, 0.3) is 5.56 Å². The van der Waals surface area contributed by atoms with Gasteiger partial charge in [0, 0.05) is 55.6 Å². The summed E-state index contributed by atoms with van der Waals surface area (Å²) < 4.78 is 1.50. The lowest BCUT2D eigenvalue weighted by atomic mass is 9.92. The lowest BCUT2D eigenvalue weighted by Gasteiger charge is -2.32. The molecule has 0 atom stereocenters. The number of carbonyl (C=O) groups is 1. The molecular formula is C20H22N4O3. The zero-order chi connectivity index (χ0) is 19.4. The zero-order valence-electron chi connectivity index (χ0n) is 15.3. The summed E-state index contributed by atoms with van der Waals surface area (Å²) in [6, 6.07) is 8.41. The van der Waals surface area contributed by atoms with E-state index >= 15 is 0 Å². The fourth-order valence-corrected chi connectivity index (χ4v) is 3.50. The number of hydrogen-bond acceptors (Lipinski definition) is 5. The lowest BCUT2D eigenvalue weighted by Crippen LogP contribution is -2.38. The smallest absolute Gasteiger partial charge is 0.254 e. The van der Waals surface area contributed by atoms with Crippen LogP contribution in [0.4, 0.5) is 0 Å². The number of carbonyl (C=O) groups excluding carboxylic acids is 1.